The first-order valence-electron chi connectivity index (χ1n) is 7.93. The van der Waals surface area contributed by atoms with Gasteiger partial charge in [-0.3, -0.25) is 4.79 Å². The van der Waals surface area contributed by atoms with Crippen LogP contribution in [-0.2, 0) is 9.53 Å². The van der Waals surface area contributed by atoms with E-state index < -0.39 is 17.4 Å². The molecule has 3 rings (SSSR count). The van der Waals surface area contributed by atoms with Crippen LogP contribution in [0.5, 0.6) is 0 Å². The number of hydrazine groups is 1. The van der Waals surface area contributed by atoms with Crippen molar-refractivity contribution in [1.29, 1.82) is 5.26 Å². The van der Waals surface area contributed by atoms with Gasteiger partial charge in [-0.1, -0.05) is 48.5 Å². The van der Waals surface area contributed by atoms with E-state index in [1.807, 2.05) is 65.7 Å². The number of ether oxygens (including phenoxy) is 1. The Balaban J connectivity index is 2.03. The third kappa shape index (κ3) is 2.72. The Kier molecular flexibility index (Phi) is 4.50. The summed E-state index contributed by atoms with van der Waals surface area (Å²) < 4.78 is 5.23. The molecule has 2 aromatic rings. The molecule has 0 aliphatic carbocycles. The summed E-state index contributed by atoms with van der Waals surface area (Å²) in [5.74, 6) is -0.493. The molecule has 5 nitrogen and oxygen atoms in total. The molecule has 0 aromatic heterocycles. The maximum atomic E-state index is 12.6. The van der Waals surface area contributed by atoms with Crippen LogP contribution in [0.4, 0.5) is 5.69 Å². The van der Waals surface area contributed by atoms with Gasteiger partial charge in [0.05, 0.1) is 31.0 Å². The molecule has 5 heteroatoms. The van der Waals surface area contributed by atoms with Gasteiger partial charge >= 0.3 is 5.97 Å². The lowest BCUT2D eigenvalue weighted by Gasteiger charge is -2.24. The SMILES string of the molecule is CCOC(=O)C1(C#N)CN(c2ccccc2)NC1c1ccccc1. The van der Waals surface area contributed by atoms with Gasteiger partial charge in [0.1, 0.15) is 0 Å². The Bertz CT molecular complexity index is 742. The van der Waals surface area contributed by atoms with Crippen molar-refractivity contribution in [3.63, 3.8) is 0 Å². The predicted molar refractivity (Wildman–Crippen MR) is 90.8 cm³/mol. The highest BCUT2D eigenvalue weighted by molar-refractivity contribution is 5.83. The Morgan fingerprint density at radius 3 is 2.46 bits per heavy atom. The minimum Gasteiger partial charge on any atom is -0.465 e. The molecule has 1 saturated heterocycles. The Labute approximate surface area is 141 Å². The van der Waals surface area contributed by atoms with Crippen LogP contribution in [0.3, 0.4) is 0 Å². The molecular formula is C19H19N3O2. The zero-order chi connectivity index (χ0) is 17.0. The fourth-order valence-electron chi connectivity index (χ4n) is 3.02. The van der Waals surface area contributed by atoms with Gasteiger partial charge in [-0.25, -0.2) is 5.43 Å². The van der Waals surface area contributed by atoms with E-state index in [4.69, 9.17) is 4.74 Å². The number of rotatable bonds is 4. The molecule has 0 spiro atoms. The number of anilines is 1. The second kappa shape index (κ2) is 6.73. The van der Waals surface area contributed by atoms with E-state index in [1.54, 1.807) is 6.92 Å². The van der Waals surface area contributed by atoms with Crippen LogP contribution in [-0.4, -0.2) is 19.1 Å². The molecular weight excluding hydrogens is 302 g/mol. The summed E-state index contributed by atoms with van der Waals surface area (Å²) in [4.78, 5) is 12.6. The van der Waals surface area contributed by atoms with Crippen molar-refractivity contribution < 1.29 is 9.53 Å². The Morgan fingerprint density at radius 1 is 1.25 bits per heavy atom. The minimum absolute atomic E-state index is 0.228. The van der Waals surface area contributed by atoms with Crippen molar-refractivity contribution in [2.24, 2.45) is 5.41 Å². The minimum atomic E-state index is -1.30. The van der Waals surface area contributed by atoms with Gasteiger partial charge in [-0.2, -0.15) is 5.26 Å². The number of nitriles is 1. The average Bonchev–Trinajstić information content (AvgIpc) is 3.04. The quantitative estimate of drug-likeness (QED) is 0.877. The lowest BCUT2D eigenvalue weighted by Crippen LogP contribution is -2.39. The van der Waals surface area contributed by atoms with Gasteiger partial charge in [0, 0.05) is 0 Å². The zero-order valence-corrected chi connectivity index (χ0v) is 13.5. The standard InChI is InChI=1S/C19H19N3O2/c1-2-24-18(23)19(13-20)14-22(16-11-7-4-8-12-16)21-17(19)15-9-5-3-6-10-15/h3-12,17,21H,2,14H2,1H3. The van der Waals surface area contributed by atoms with E-state index in [2.05, 4.69) is 11.5 Å². The summed E-state index contributed by atoms with van der Waals surface area (Å²) >= 11 is 0. The lowest BCUT2D eigenvalue weighted by molar-refractivity contribution is -0.151. The number of hydrogen-bond acceptors (Lipinski definition) is 5. The van der Waals surface area contributed by atoms with Crippen molar-refractivity contribution in [1.82, 2.24) is 5.43 Å². The number of carbonyl (C=O) groups excluding carboxylic acids is 1. The number of carbonyl (C=O) groups is 1. The number of para-hydroxylation sites is 1. The van der Waals surface area contributed by atoms with Gasteiger partial charge in [0.2, 0.25) is 0 Å². The number of esters is 1. The maximum absolute atomic E-state index is 12.6. The second-order valence-corrected chi connectivity index (χ2v) is 5.70. The average molecular weight is 321 g/mol. The second-order valence-electron chi connectivity index (χ2n) is 5.70. The van der Waals surface area contributed by atoms with Crippen LogP contribution in [0.25, 0.3) is 0 Å². The number of hydrogen-bond donors (Lipinski definition) is 1. The summed E-state index contributed by atoms with van der Waals surface area (Å²) in [7, 11) is 0. The largest absolute Gasteiger partial charge is 0.465 e. The fourth-order valence-corrected chi connectivity index (χ4v) is 3.02. The molecule has 0 saturated carbocycles. The molecule has 2 aromatic carbocycles. The van der Waals surface area contributed by atoms with E-state index >= 15 is 0 Å². The van der Waals surface area contributed by atoms with Crippen molar-refractivity contribution >= 4 is 11.7 Å². The van der Waals surface area contributed by atoms with Gasteiger partial charge in [0.15, 0.2) is 5.41 Å². The highest BCUT2D eigenvalue weighted by atomic mass is 16.5. The summed E-state index contributed by atoms with van der Waals surface area (Å²) in [6, 6.07) is 20.9. The van der Waals surface area contributed by atoms with Gasteiger partial charge in [-0.15, -0.1) is 0 Å². The monoisotopic (exact) mass is 321 g/mol. The topological polar surface area (TPSA) is 65.4 Å². The smallest absolute Gasteiger partial charge is 0.330 e. The van der Waals surface area contributed by atoms with Crippen molar-refractivity contribution in [3.05, 3.63) is 66.2 Å². The molecule has 0 bridgehead atoms. The van der Waals surface area contributed by atoms with E-state index in [1.165, 1.54) is 0 Å². The third-order valence-corrected chi connectivity index (χ3v) is 4.23. The number of nitrogens with one attached hydrogen (secondary N) is 1. The van der Waals surface area contributed by atoms with Crippen LogP contribution in [0, 0.1) is 16.7 Å². The van der Waals surface area contributed by atoms with Gasteiger partial charge in [-0.05, 0) is 24.6 Å². The Morgan fingerprint density at radius 2 is 1.88 bits per heavy atom. The molecule has 1 aliphatic rings. The molecule has 1 heterocycles. The molecule has 0 radical (unpaired) electrons. The van der Waals surface area contributed by atoms with Crippen LogP contribution >= 0.6 is 0 Å². The molecule has 1 aliphatic heterocycles. The molecule has 2 atom stereocenters. The van der Waals surface area contributed by atoms with Crippen molar-refractivity contribution in [3.8, 4) is 6.07 Å². The Hall–Kier alpha value is -2.84. The van der Waals surface area contributed by atoms with E-state index in [9.17, 15) is 10.1 Å². The summed E-state index contributed by atoms with van der Waals surface area (Å²) in [5, 5.41) is 11.7. The number of benzene rings is 2. The molecule has 2 unspecified atom stereocenters. The van der Waals surface area contributed by atoms with Crippen molar-refractivity contribution in [2.45, 2.75) is 13.0 Å². The lowest BCUT2D eigenvalue weighted by atomic mass is 9.79. The molecule has 1 fully saturated rings. The third-order valence-electron chi connectivity index (χ3n) is 4.23. The first kappa shape index (κ1) is 16.0. The molecule has 122 valence electrons. The zero-order valence-electron chi connectivity index (χ0n) is 13.5. The van der Waals surface area contributed by atoms with Gasteiger partial charge in [0.25, 0.3) is 0 Å². The van der Waals surface area contributed by atoms with Crippen LogP contribution in [0.2, 0.25) is 0 Å². The van der Waals surface area contributed by atoms with Crippen LogP contribution in [0.15, 0.2) is 60.7 Å². The van der Waals surface area contributed by atoms with E-state index in [-0.39, 0.29) is 13.2 Å². The summed E-state index contributed by atoms with van der Waals surface area (Å²) in [5.41, 5.74) is 3.80. The van der Waals surface area contributed by atoms with E-state index in [0.717, 1.165) is 11.3 Å². The predicted octanol–water partition coefficient (Wildman–Crippen LogP) is 2.83. The van der Waals surface area contributed by atoms with Crippen molar-refractivity contribution in [2.75, 3.05) is 18.2 Å². The summed E-state index contributed by atoms with van der Waals surface area (Å²) in [6.45, 7) is 2.22. The highest BCUT2D eigenvalue weighted by Crippen LogP contribution is 2.42. The fraction of sp³-hybridized carbons (Fsp3) is 0.263. The molecule has 24 heavy (non-hydrogen) atoms. The van der Waals surface area contributed by atoms with Gasteiger partial charge < -0.3 is 9.75 Å². The summed E-state index contributed by atoms with van der Waals surface area (Å²) in [6.07, 6.45) is 0. The molecule has 0 amide bonds. The first-order chi connectivity index (χ1) is 11.7. The normalized spacial score (nSPS) is 22.8. The number of nitrogens with zero attached hydrogens (tertiary/aromatic N) is 2. The van der Waals surface area contributed by atoms with Crippen LogP contribution in [0.1, 0.15) is 18.5 Å². The highest BCUT2D eigenvalue weighted by Gasteiger charge is 2.55. The molecule has 1 N–H and O–H groups in total. The maximum Gasteiger partial charge on any atom is 0.330 e. The van der Waals surface area contributed by atoms with E-state index in [0.29, 0.717) is 0 Å². The van der Waals surface area contributed by atoms with Crippen LogP contribution < -0.4 is 10.4 Å². The first-order valence-corrected chi connectivity index (χ1v) is 7.93.